The van der Waals surface area contributed by atoms with E-state index in [9.17, 15) is 4.79 Å². The van der Waals surface area contributed by atoms with Crippen LogP contribution in [0.15, 0.2) is 24.3 Å². The number of esters is 1. The third-order valence-electron chi connectivity index (χ3n) is 3.16. The molecule has 1 unspecified atom stereocenters. The molecule has 2 rings (SSSR count). The second-order valence-electron chi connectivity index (χ2n) is 5.04. The summed E-state index contributed by atoms with van der Waals surface area (Å²) in [5.41, 5.74) is 2.40. The predicted octanol–water partition coefficient (Wildman–Crippen LogP) is 2.55. The van der Waals surface area contributed by atoms with Crippen LogP contribution >= 0.6 is 0 Å². The number of fused-ring (bicyclic) bond motifs is 1. The maximum Gasteiger partial charge on any atom is 0.328 e. The molecule has 0 aliphatic heterocycles. The van der Waals surface area contributed by atoms with E-state index in [0.29, 0.717) is 5.82 Å². The number of hydrogen-bond donors (Lipinski definition) is 1. The van der Waals surface area contributed by atoms with E-state index >= 15 is 0 Å². The molecule has 1 atom stereocenters. The van der Waals surface area contributed by atoms with E-state index in [1.165, 1.54) is 7.11 Å². The Balaban J connectivity index is 2.36. The molecule has 5 nitrogen and oxygen atoms in total. The number of carbonyl (C=O) groups is 1. The van der Waals surface area contributed by atoms with Gasteiger partial charge in [-0.15, -0.1) is 0 Å². The lowest BCUT2D eigenvalue weighted by atomic mass is 10.0. The number of aromatic nitrogens is 2. The van der Waals surface area contributed by atoms with Crippen LogP contribution in [0.25, 0.3) is 11.0 Å². The van der Waals surface area contributed by atoms with Crippen molar-refractivity contribution in [1.82, 2.24) is 9.97 Å². The van der Waals surface area contributed by atoms with E-state index < -0.39 is 6.04 Å². The van der Waals surface area contributed by atoms with Gasteiger partial charge in [0.15, 0.2) is 0 Å². The summed E-state index contributed by atoms with van der Waals surface area (Å²) in [7, 11) is 1.39. The second kappa shape index (κ2) is 5.86. The Kier molecular flexibility index (Phi) is 4.17. The molecule has 1 aromatic heterocycles. The summed E-state index contributed by atoms with van der Waals surface area (Å²) < 4.78 is 4.82. The highest BCUT2D eigenvalue weighted by atomic mass is 16.5. The van der Waals surface area contributed by atoms with Crippen molar-refractivity contribution in [1.29, 1.82) is 0 Å². The van der Waals surface area contributed by atoms with Crippen LogP contribution in [-0.4, -0.2) is 29.1 Å². The maximum absolute atomic E-state index is 11.8. The number of nitrogens with zero attached hydrogens (tertiary/aromatic N) is 2. The number of anilines is 1. The molecule has 0 aliphatic rings. The van der Waals surface area contributed by atoms with Gasteiger partial charge in [0.2, 0.25) is 0 Å². The fourth-order valence-corrected chi connectivity index (χ4v) is 2.00. The molecule has 0 spiro atoms. The van der Waals surface area contributed by atoms with Crippen molar-refractivity contribution >= 4 is 22.8 Å². The average Bonchev–Trinajstić information content (AvgIpc) is 2.43. The lowest BCUT2D eigenvalue weighted by Gasteiger charge is -2.21. The van der Waals surface area contributed by atoms with E-state index in [-0.39, 0.29) is 11.9 Å². The van der Waals surface area contributed by atoms with Crippen molar-refractivity contribution < 1.29 is 9.53 Å². The minimum atomic E-state index is -0.436. The van der Waals surface area contributed by atoms with Gasteiger partial charge in [-0.2, -0.15) is 0 Å². The smallest absolute Gasteiger partial charge is 0.328 e. The van der Waals surface area contributed by atoms with Crippen LogP contribution in [0.2, 0.25) is 0 Å². The minimum Gasteiger partial charge on any atom is -0.467 e. The van der Waals surface area contributed by atoms with Gasteiger partial charge in [0.05, 0.1) is 23.8 Å². The molecule has 106 valence electrons. The van der Waals surface area contributed by atoms with Crippen molar-refractivity contribution in [2.45, 2.75) is 26.8 Å². The van der Waals surface area contributed by atoms with Crippen molar-refractivity contribution in [2.24, 2.45) is 5.92 Å². The van der Waals surface area contributed by atoms with Crippen molar-refractivity contribution in [3.05, 3.63) is 30.0 Å². The normalized spacial score (nSPS) is 12.4. The first-order valence-electron chi connectivity index (χ1n) is 6.60. The second-order valence-corrected chi connectivity index (χ2v) is 5.04. The Hall–Kier alpha value is -2.17. The maximum atomic E-state index is 11.8. The topological polar surface area (TPSA) is 64.1 Å². The Morgan fingerprint density at radius 2 is 1.80 bits per heavy atom. The monoisotopic (exact) mass is 273 g/mol. The van der Waals surface area contributed by atoms with E-state index in [4.69, 9.17) is 4.74 Å². The number of benzene rings is 1. The fraction of sp³-hybridized carbons (Fsp3) is 0.400. The zero-order valence-corrected chi connectivity index (χ0v) is 12.2. The largest absolute Gasteiger partial charge is 0.467 e. The van der Waals surface area contributed by atoms with Crippen LogP contribution in [0.3, 0.4) is 0 Å². The van der Waals surface area contributed by atoms with Crippen LogP contribution in [0.1, 0.15) is 19.5 Å². The first-order valence-corrected chi connectivity index (χ1v) is 6.60. The molecule has 1 heterocycles. The zero-order valence-electron chi connectivity index (χ0n) is 12.2. The zero-order chi connectivity index (χ0) is 14.7. The van der Waals surface area contributed by atoms with Crippen LogP contribution in [-0.2, 0) is 9.53 Å². The molecule has 0 bridgehead atoms. The lowest BCUT2D eigenvalue weighted by molar-refractivity contribution is -0.142. The summed E-state index contributed by atoms with van der Waals surface area (Å²) in [5, 5.41) is 3.14. The standard InChI is InChI=1S/C15H19N3O2/c1-9(2)13(15(19)20-4)18-14-10(3)16-11-7-5-6-8-12(11)17-14/h5-9,13H,1-4H3,(H,17,18). The Bertz CT molecular complexity index is 626. The molecule has 0 radical (unpaired) electrons. The van der Waals surface area contributed by atoms with Gasteiger partial charge in [-0.05, 0) is 25.0 Å². The number of aryl methyl sites for hydroxylation is 1. The predicted molar refractivity (Wildman–Crippen MR) is 78.5 cm³/mol. The van der Waals surface area contributed by atoms with Crippen molar-refractivity contribution in [3.8, 4) is 0 Å². The third kappa shape index (κ3) is 2.87. The molecule has 5 heteroatoms. The highest BCUT2D eigenvalue weighted by molar-refractivity contribution is 5.81. The summed E-state index contributed by atoms with van der Waals surface area (Å²) in [6.45, 7) is 5.78. The molecule has 1 N–H and O–H groups in total. The van der Waals surface area contributed by atoms with Crippen molar-refractivity contribution in [3.63, 3.8) is 0 Å². The Morgan fingerprint density at radius 1 is 1.20 bits per heavy atom. The minimum absolute atomic E-state index is 0.0927. The molecule has 0 amide bonds. The van der Waals surface area contributed by atoms with Gasteiger partial charge < -0.3 is 10.1 Å². The molecule has 20 heavy (non-hydrogen) atoms. The Labute approximate surface area is 118 Å². The van der Waals surface area contributed by atoms with Gasteiger partial charge in [-0.25, -0.2) is 14.8 Å². The van der Waals surface area contributed by atoms with Gasteiger partial charge in [0, 0.05) is 0 Å². The average molecular weight is 273 g/mol. The summed E-state index contributed by atoms with van der Waals surface area (Å²) in [5.74, 6) is 0.414. The number of methoxy groups -OCH3 is 1. The summed E-state index contributed by atoms with van der Waals surface area (Å²) in [4.78, 5) is 20.8. The molecule has 0 aliphatic carbocycles. The number of nitrogens with one attached hydrogen (secondary N) is 1. The summed E-state index contributed by atoms with van der Waals surface area (Å²) in [6.07, 6.45) is 0. The summed E-state index contributed by atoms with van der Waals surface area (Å²) >= 11 is 0. The van der Waals surface area contributed by atoms with Gasteiger partial charge in [0.25, 0.3) is 0 Å². The number of ether oxygens (including phenoxy) is 1. The molecule has 0 fully saturated rings. The van der Waals surface area contributed by atoms with E-state index in [0.717, 1.165) is 16.7 Å². The van der Waals surface area contributed by atoms with Crippen LogP contribution in [0, 0.1) is 12.8 Å². The quantitative estimate of drug-likeness (QED) is 0.867. The van der Waals surface area contributed by atoms with Gasteiger partial charge >= 0.3 is 5.97 Å². The van der Waals surface area contributed by atoms with Crippen molar-refractivity contribution in [2.75, 3.05) is 12.4 Å². The molecular formula is C15H19N3O2. The number of para-hydroxylation sites is 2. The van der Waals surface area contributed by atoms with E-state index in [1.54, 1.807) is 0 Å². The SMILES string of the molecule is COC(=O)C(Nc1nc2ccccc2nc1C)C(C)C. The molecule has 0 saturated heterocycles. The fourth-order valence-electron chi connectivity index (χ4n) is 2.00. The molecule has 1 aromatic carbocycles. The first-order chi connectivity index (χ1) is 9.52. The number of carbonyl (C=O) groups excluding carboxylic acids is 1. The number of rotatable bonds is 4. The van der Waals surface area contributed by atoms with Gasteiger partial charge in [0.1, 0.15) is 11.9 Å². The van der Waals surface area contributed by atoms with E-state index in [1.807, 2.05) is 45.0 Å². The molecule has 0 saturated carbocycles. The number of hydrogen-bond acceptors (Lipinski definition) is 5. The molecular weight excluding hydrogens is 254 g/mol. The molecule has 2 aromatic rings. The highest BCUT2D eigenvalue weighted by Crippen LogP contribution is 2.18. The Morgan fingerprint density at radius 3 is 2.35 bits per heavy atom. The highest BCUT2D eigenvalue weighted by Gasteiger charge is 2.24. The van der Waals surface area contributed by atoms with Crippen LogP contribution in [0.5, 0.6) is 0 Å². The lowest BCUT2D eigenvalue weighted by Crippen LogP contribution is -2.36. The van der Waals surface area contributed by atoms with Gasteiger partial charge in [-0.3, -0.25) is 0 Å². The van der Waals surface area contributed by atoms with Gasteiger partial charge in [-0.1, -0.05) is 26.0 Å². The van der Waals surface area contributed by atoms with Crippen LogP contribution in [0.4, 0.5) is 5.82 Å². The van der Waals surface area contributed by atoms with E-state index in [2.05, 4.69) is 15.3 Å². The first kappa shape index (κ1) is 14.2. The van der Waals surface area contributed by atoms with Crippen LogP contribution < -0.4 is 5.32 Å². The third-order valence-corrected chi connectivity index (χ3v) is 3.16. The summed E-state index contributed by atoms with van der Waals surface area (Å²) in [6, 6.07) is 7.22.